The van der Waals surface area contributed by atoms with E-state index in [0.29, 0.717) is 0 Å². The Morgan fingerprint density at radius 1 is 1.39 bits per heavy atom. The maximum absolute atomic E-state index is 11.3. The van der Waals surface area contributed by atoms with Gasteiger partial charge in [0.25, 0.3) is 5.69 Å². The second-order valence-electron chi connectivity index (χ2n) is 5.24. The summed E-state index contributed by atoms with van der Waals surface area (Å²) in [5.41, 5.74) is -0.951. The number of nitro benzene ring substituents is 1. The maximum atomic E-state index is 11.3. The number of hydrogen-bond donors (Lipinski definition) is 3. The van der Waals surface area contributed by atoms with Crippen LogP contribution in [0.1, 0.15) is 21.6 Å². The van der Waals surface area contributed by atoms with Crippen LogP contribution in [-0.4, -0.2) is 31.1 Å². The van der Waals surface area contributed by atoms with E-state index in [-0.39, 0.29) is 39.6 Å². The number of benzene rings is 1. The molecule has 148 valence electrons. The summed E-state index contributed by atoms with van der Waals surface area (Å²) in [6.07, 6.45) is 0.245. The Morgan fingerprint density at radius 2 is 2.07 bits per heavy atom. The Bertz CT molecular complexity index is 1020. The van der Waals surface area contributed by atoms with Crippen LogP contribution in [-0.2, 0) is 15.7 Å². The third-order valence-corrected chi connectivity index (χ3v) is 4.13. The molecule has 1 heterocycles. The average molecular weight is 431 g/mol. The second-order valence-corrected chi connectivity index (χ2v) is 6.88. The van der Waals surface area contributed by atoms with Gasteiger partial charge in [0.1, 0.15) is 10.8 Å². The van der Waals surface area contributed by atoms with E-state index in [0.717, 1.165) is 6.07 Å². The smallest absolute Gasteiger partial charge is 0.469 e. The number of phosphoric ester groups is 1. The van der Waals surface area contributed by atoms with Gasteiger partial charge in [-0.15, -0.1) is 10.2 Å². The highest BCUT2D eigenvalue weighted by Gasteiger charge is 2.22. The van der Waals surface area contributed by atoms with Crippen LogP contribution in [0.2, 0.25) is 5.02 Å². The zero-order chi connectivity index (χ0) is 21.1. The third-order valence-electron chi connectivity index (χ3n) is 3.35. The molecule has 2 aromatic rings. The van der Waals surface area contributed by atoms with Gasteiger partial charge >= 0.3 is 7.82 Å². The summed E-state index contributed by atoms with van der Waals surface area (Å²) in [7, 11) is -4.90. The van der Waals surface area contributed by atoms with Crippen molar-refractivity contribution >= 4 is 42.9 Å². The number of halogens is 1. The molecular formula is C14H12ClN4O8P. The molecule has 0 aliphatic heterocycles. The van der Waals surface area contributed by atoms with Crippen molar-refractivity contribution in [2.24, 2.45) is 10.2 Å². The lowest BCUT2D eigenvalue weighted by molar-refractivity contribution is -0.384. The number of carbonyl (C=O) groups excluding carboxylic acids is 1. The fraction of sp³-hybridized carbons (Fsp3) is 0.143. The Kier molecular flexibility index (Phi) is 6.54. The molecule has 1 aromatic carbocycles. The van der Waals surface area contributed by atoms with E-state index in [9.17, 15) is 24.6 Å². The molecule has 0 radical (unpaired) electrons. The number of pyridine rings is 1. The van der Waals surface area contributed by atoms with Crippen LogP contribution in [0, 0.1) is 17.0 Å². The van der Waals surface area contributed by atoms with Gasteiger partial charge in [0, 0.05) is 11.6 Å². The first-order valence-electron chi connectivity index (χ1n) is 7.27. The van der Waals surface area contributed by atoms with Gasteiger partial charge in [0.05, 0.1) is 28.5 Å². The van der Waals surface area contributed by atoms with Crippen LogP contribution in [0.15, 0.2) is 28.4 Å². The second kappa shape index (κ2) is 8.50. The fourth-order valence-corrected chi connectivity index (χ4v) is 2.53. The van der Waals surface area contributed by atoms with Crippen LogP contribution < -0.4 is 0 Å². The number of nitrogens with zero attached hydrogens (tertiary/aromatic N) is 4. The molecule has 0 fully saturated rings. The first kappa shape index (κ1) is 21.5. The van der Waals surface area contributed by atoms with Gasteiger partial charge in [-0.25, -0.2) is 9.55 Å². The number of aldehydes is 1. The molecule has 0 spiro atoms. The highest BCUT2D eigenvalue weighted by Crippen LogP contribution is 2.40. The lowest BCUT2D eigenvalue weighted by Crippen LogP contribution is -2.01. The molecule has 0 amide bonds. The Morgan fingerprint density at radius 3 is 2.64 bits per heavy atom. The van der Waals surface area contributed by atoms with E-state index in [1.165, 1.54) is 19.1 Å². The van der Waals surface area contributed by atoms with Gasteiger partial charge in [0.15, 0.2) is 12.1 Å². The molecule has 0 saturated heterocycles. The van der Waals surface area contributed by atoms with Crippen molar-refractivity contribution in [1.29, 1.82) is 0 Å². The zero-order valence-electron chi connectivity index (χ0n) is 14.0. The number of nitro groups is 1. The average Bonchev–Trinajstić information content (AvgIpc) is 2.61. The molecule has 14 heteroatoms. The molecule has 0 aliphatic rings. The van der Waals surface area contributed by atoms with Crippen molar-refractivity contribution < 1.29 is 33.7 Å². The first-order valence-corrected chi connectivity index (χ1v) is 9.17. The summed E-state index contributed by atoms with van der Waals surface area (Å²) in [4.78, 5) is 43.2. The van der Waals surface area contributed by atoms with Gasteiger partial charge in [-0.3, -0.25) is 19.4 Å². The van der Waals surface area contributed by atoms with Gasteiger partial charge in [-0.1, -0.05) is 11.6 Å². The summed E-state index contributed by atoms with van der Waals surface area (Å²) < 4.78 is 15.3. The molecule has 0 bridgehead atoms. The lowest BCUT2D eigenvalue weighted by atomic mass is 10.1. The summed E-state index contributed by atoms with van der Waals surface area (Å²) in [6.45, 7) is 0.566. The van der Waals surface area contributed by atoms with Gasteiger partial charge in [-0.05, 0) is 19.1 Å². The van der Waals surface area contributed by atoms with E-state index in [4.69, 9.17) is 21.4 Å². The zero-order valence-corrected chi connectivity index (χ0v) is 15.7. The minimum atomic E-state index is -4.90. The molecule has 0 aliphatic carbocycles. The number of azo groups is 1. The van der Waals surface area contributed by atoms with Crippen LogP contribution in [0.25, 0.3) is 0 Å². The van der Waals surface area contributed by atoms with Gasteiger partial charge in [-0.2, -0.15) is 0 Å². The number of aromatic nitrogens is 1. The molecule has 2 rings (SSSR count). The summed E-state index contributed by atoms with van der Waals surface area (Å²) in [5.74, 6) is -0.788. The number of hydrogen-bond acceptors (Lipinski definition) is 9. The summed E-state index contributed by atoms with van der Waals surface area (Å²) in [6, 6.07) is 3.61. The fourth-order valence-electron chi connectivity index (χ4n) is 2.05. The van der Waals surface area contributed by atoms with Crippen LogP contribution >= 0.6 is 19.4 Å². The standard InChI is InChI=1S/C14H12ClN4O8P/c1-7-13(21)9(5-20)10(6-27-28(24,25)26)14(16-7)18-17-8-2-3-11(15)12(4-8)19(22)23/h2-5,21H,6H2,1H3,(H2,24,25,26). The molecule has 28 heavy (non-hydrogen) atoms. The quantitative estimate of drug-likeness (QED) is 0.194. The topological polar surface area (TPSA) is 185 Å². The van der Waals surface area contributed by atoms with Crippen LogP contribution in [0.5, 0.6) is 5.75 Å². The van der Waals surface area contributed by atoms with Crippen LogP contribution in [0.3, 0.4) is 0 Å². The molecule has 0 atom stereocenters. The Labute approximate surface area is 161 Å². The first-order chi connectivity index (χ1) is 13.0. The van der Waals surface area contributed by atoms with E-state index in [1.807, 2.05) is 0 Å². The number of phosphoric acid groups is 1. The minimum Gasteiger partial charge on any atom is -0.505 e. The highest BCUT2D eigenvalue weighted by atomic mass is 35.5. The molecule has 0 unspecified atom stereocenters. The van der Waals surface area contributed by atoms with E-state index >= 15 is 0 Å². The number of carbonyl (C=O) groups is 1. The summed E-state index contributed by atoms with van der Waals surface area (Å²) >= 11 is 5.71. The predicted octanol–water partition coefficient (Wildman–Crippen LogP) is 3.49. The maximum Gasteiger partial charge on any atom is 0.469 e. The largest absolute Gasteiger partial charge is 0.505 e. The summed E-state index contributed by atoms with van der Waals surface area (Å²) in [5, 5.41) is 28.3. The third kappa shape index (κ3) is 5.15. The number of aromatic hydroxyl groups is 1. The Balaban J connectivity index is 2.52. The van der Waals surface area contributed by atoms with Crippen molar-refractivity contribution in [2.45, 2.75) is 13.5 Å². The van der Waals surface area contributed by atoms with E-state index < -0.39 is 30.8 Å². The number of rotatable bonds is 7. The van der Waals surface area contributed by atoms with E-state index in [2.05, 4.69) is 19.7 Å². The number of aryl methyl sites for hydroxylation is 1. The Hall–Kier alpha value is -2.76. The highest BCUT2D eigenvalue weighted by molar-refractivity contribution is 7.46. The molecular weight excluding hydrogens is 419 g/mol. The van der Waals surface area contributed by atoms with E-state index in [1.54, 1.807) is 0 Å². The SMILES string of the molecule is Cc1nc(N=Nc2ccc(Cl)c([N+](=O)[O-])c2)c(COP(=O)(O)O)c(C=O)c1O. The van der Waals surface area contributed by atoms with Crippen LogP contribution in [0.4, 0.5) is 17.2 Å². The van der Waals surface area contributed by atoms with Crippen molar-refractivity contribution in [3.05, 3.63) is 50.2 Å². The minimum absolute atomic E-state index is 0.00179. The van der Waals surface area contributed by atoms with Crippen molar-refractivity contribution in [1.82, 2.24) is 4.98 Å². The lowest BCUT2D eigenvalue weighted by Gasteiger charge is -2.12. The van der Waals surface area contributed by atoms with Crippen molar-refractivity contribution in [3.8, 4) is 5.75 Å². The normalized spacial score (nSPS) is 11.7. The van der Waals surface area contributed by atoms with Crippen molar-refractivity contribution in [2.75, 3.05) is 0 Å². The molecule has 3 N–H and O–H groups in total. The molecule has 1 aromatic heterocycles. The predicted molar refractivity (Wildman–Crippen MR) is 95.1 cm³/mol. The van der Waals surface area contributed by atoms with Gasteiger partial charge in [0.2, 0.25) is 0 Å². The molecule has 12 nitrogen and oxygen atoms in total. The molecule has 0 saturated carbocycles. The van der Waals surface area contributed by atoms with Crippen molar-refractivity contribution in [3.63, 3.8) is 0 Å². The monoisotopic (exact) mass is 430 g/mol. The van der Waals surface area contributed by atoms with Gasteiger partial charge < -0.3 is 14.9 Å².